The molecule has 3 aromatic rings. The van der Waals surface area contributed by atoms with E-state index in [0.29, 0.717) is 5.82 Å². The summed E-state index contributed by atoms with van der Waals surface area (Å²) < 4.78 is 0. The summed E-state index contributed by atoms with van der Waals surface area (Å²) >= 11 is 1.59. The highest BCUT2D eigenvalue weighted by Crippen LogP contribution is 2.27. The molecular weight excluding hydrogens is 330 g/mol. The number of rotatable bonds is 4. The molecule has 3 rings (SSSR count). The van der Waals surface area contributed by atoms with Gasteiger partial charge >= 0.3 is 0 Å². The molecule has 4 nitrogen and oxygen atoms in total. The van der Waals surface area contributed by atoms with E-state index in [0.717, 1.165) is 20.7 Å². The average molecular weight is 356 g/mol. The van der Waals surface area contributed by atoms with Crippen molar-refractivity contribution in [2.24, 2.45) is 0 Å². The summed E-state index contributed by atoms with van der Waals surface area (Å²) in [4.78, 5) is 22.1. The highest BCUT2D eigenvalue weighted by atomic mass is 32.1. The molecule has 0 unspecified atom stereocenters. The quantitative estimate of drug-likeness (QED) is 0.717. The maximum Gasteiger partial charge on any atom is 0.259 e. The molecule has 2 N–H and O–H groups in total. The first-order valence-corrected chi connectivity index (χ1v) is 9.42. The molecule has 1 aromatic carbocycles. The van der Waals surface area contributed by atoms with Gasteiger partial charge in [0.2, 0.25) is 0 Å². The van der Waals surface area contributed by atoms with Gasteiger partial charge in [0.05, 0.1) is 11.4 Å². The highest BCUT2D eigenvalue weighted by Gasteiger charge is 2.18. The lowest BCUT2D eigenvalue weighted by Gasteiger charge is -2.21. The van der Waals surface area contributed by atoms with Crippen molar-refractivity contribution < 1.29 is 0 Å². The lowest BCUT2D eigenvalue weighted by molar-refractivity contribution is 0.475. The monoisotopic (exact) mass is 355 g/mol. The number of fused-ring (bicyclic) bond motifs is 1. The minimum absolute atomic E-state index is 0.0464. The summed E-state index contributed by atoms with van der Waals surface area (Å²) in [5, 5.41) is 4.29. The van der Waals surface area contributed by atoms with Gasteiger partial charge < -0.3 is 10.3 Å². The molecule has 0 aliphatic rings. The molecule has 0 amide bonds. The van der Waals surface area contributed by atoms with Crippen LogP contribution in [0.4, 0.5) is 0 Å². The molecule has 2 heterocycles. The molecule has 132 valence electrons. The number of aryl methyl sites for hydroxylation is 4. The number of nitrogens with one attached hydrogen (secondary N) is 2. The summed E-state index contributed by atoms with van der Waals surface area (Å²) in [6.45, 7) is 12.4. The van der Waals surface area contributed by atoms with E-state index in [-0.39, 0.29) is 17.6 Å². The molecule has 0 bridgehead atoms. The molecule has 2 atom stereocenters. The molecule has 0 aliphatic heterocycles. The second-order valence-corrected chi connectivity index (χ2v) is 8.09. The van der Waals surface area contributed by atoms with E-state index >= 15 is 0 Å². The van der Waals surface area contributed by atoms with Crippen molar-refractivity contribution in [1.29, 1.82) is 0 Å². The van der Waals surface area contributed by atoms with Gasteiger partial charge in [0.1, 0.15) is 10.7 Å². The lowest BCUT2D eigenvalue weighted by atomic mass is 9.99. The summed E-state index contributed by atoms with van der Waals surface area (Å²) in [6.07, 6.45) is 0. The molecule has 0 radical (unpaired) electrons. The van der Waals surface area contributed by atoms with Crippen LogP contribution in [-0.4, -0.2) is 9.97 Å². The van der Waals surface area contributed by atoms with Crippen LogP contribution in [0.5, 0.6) is 0 Å². The molecule has 0 saturated carbocycles. The lowest BCUT2D eigenvalue weighted by Crippen LogP contribution is -2.26. The Balaban J connectivity index is 1.90. The van der Waals surface area contributed by atoms with E-state index in [1.54, 1.807) is 11.3 Å². The van der Waals surface area contributed by atoms with Crippen LogP contribution in [0.25, 0.3) is 10.2 Å². The maximum atomic E-state index is 12.5. The third-order valence-electron chi connectivity index (χ3n) is 4.87. The molecule has 0 spiro atoms. The van der Waals surface area contributed by atoms with Gasteiger partial charge in [-0.25, -0.2) is 4.98 Å². The molecule has 0 fully saturated rings. The van der Waals surface area contributed by atoms with Gasteiger partial charge in [-0.15, -0.1) is 11.3 Å². The standard InChI is InChI=1S/C20H25N3OS/c1-10-7-8-11(2)16(9-10)13(4)21-14(5)18-22-19(24)17-12(3)15(6)25-20(17)23-18/h7-9,13-14,21H,1-6H3,(H,22,23,24)/t13-,14-/m0/s1. The molecule has 25 heavy (non-hydrogen) atoms. The first kappa shape index (κ1) is 17.8. The third-order valence-corrected chi connectivity index (χ3v) is 5.97. The van der Waals surface area contributed by atoms with Gasteiger partial charge in [-0.2, -0.15) is 0 Å². The largest absolute Gasteiger partial charge is 0.309 e. The van der Waals surface area contributed by atoms with Gasteiger partial charge in [-0.1, -0.05) is 23.8 Å². The zero-order chi connectivity index (χ0) is 18.3. The summed E-state index contributed by atoms with van der Waals surface area (Å²) in [5.41, 5.74) is 4.77. The zero-order valence-electron chi connectivity index (χ0n) is 15.7. The van der Waals surface area contributed by atoms with E-state index in [2.05, 4.69) is 49.3 Å². The Labute approximate surface area is 152 Å². The van der Waals surface area contributed by atoms with Crippen molar-refractivity contribution in [3.8, 4) is 0 Å². The predicted molar refractivity (Wildman–Crippen MR) is 106 cm³/mol. The number of H-pyrrole nitrogens is 1. The van der Waals surface area contributed by atoms with Crippen molar-refractivity contribution in [3.63, 3.8) is 0 Å². The average Bonchev–Trinajstić information content (AvgIpc) is 2.84. The van der Waals surface area contributed by atoms with Crippen LogP contribution in [0, 0.1) is 27.7 Å². The summed E-state index contributed by atoms with van der Waals surface area (Å²) in [5.74, 6) is 0.691. The fourth-order valence-corrected chi connectivity index (χ4v) is 4.28. The van der Waals surface area contributed by atoms with Crippen molar-refractivity contribution in [2.75, 3.05) is 0 Å². The van der Waals surface area contributed by atoms with Gasteiger partial charge in [-0.05, 0) is 58.2 Å². The molecule has 0 saturated heterocycles. The fourth-order valence-electron chi connectivity index (χ4n) is 3.25. The number of thiophene rings is 1. The smallest absolute Gasteiger partial charge is 0.259 e. The normalized spacial score (nSPS) is 14.0. The van der Waals surface area contributed by atoms with Crippen LogP contribution in [-0.2, 0) is 0 Å². The van der Waals surface area contributed by atoms with Crippen molar-refractivity contribution >= 4 is 21.6 Å². The molecule has 2 aromatic heterocycles. The van der Waals surface area contributed by atoms with Crippen LogP contribution in [0.1, 0.15) is 58.9 Å². The Morgan fingerprint density at radius 2 is 1.84 bits per heavy atom. The number of aromatic amines is 1. The number of hydrogen-bond acceptors (Lipinski definition) is 4. The van der Waals surface area contributed by atoms with E-state index in [4.69, 9.17) is 4.98 Å². The Morgan fingerprint density at radius 1 is 1.12 bits per heavy atom. The summed E-state index contributed by atoms with van der Waals surface area (Å²) in [6, 6.07) is 6.61. The van der Waals surface area contributed by atoms with Gasteiger partial charge in [-0.3, -0.25) is 4.79 Å². The number of hydrogen-bond donors (Lipinski definition) is 2. The van der Waals surface area contributed by atoms with E-state index in [1.807, 2.05) is 20.8 Å². The zero-order valence-corrected chi connectivity index (χ0v) is 16.5. The second kappa shape index (κ2) is 6.73. The molecule has 5 heteroatoms. The summed E-state index contributed by atoms with van der Waals surface area (Å²) in [7, 11) is 0. The Bertz CT molecular complexity index is 987. The predicted octanol–water partition coefficient (Wildman–Crippen LogP) is 4.63. The van der Waals surface area contributed by atoms with Crippen LogP contribution < -0.4 is 10.9 Å². The number of benzene rings is 1. The van der Waals surface area contributed by atoms with Crippen LogP contribution >= 0.6 is 11.3 Å². The topological polar surface area (TPSA) is 57.8 Å². The first-order chi connectivity index (χ1) is 11.8. The molecular formula is C20H25N3OS. The SMILES string of the molecule is Cc1ccc(C)c([C@H](C)N[C@@H](C)c2nc3sc(C)c(C)c3c(=O)[nH]2)c1. The van der Waals surface area contributed by atoms with Crippen LogP contribution in [0.2, 0.25) is 0 Å². The highest BCUT2D eigenvalue weighted by molar-refractivity contribution is 7.18. The van der Waals surface area contributed by atoms with Crippen molar-refractivity contribution in [1.82, 2.24) is 15.3 Å². The van der Waals surface area contributed by atoms with Gasteiger partial charge in [0, 0.05) is 10.9 Å². The number of aromatic nitrogens is 2. The van der Waals surface area contributed by atoms with Crippen LogP contribution in [0.3, 0.4) is 0 Å². The molecule has 0 aliphatic carbocycles. The van der Waals surface area contributed by atoms with Crippen LogP contribution in [0.15, 0.2) is 23.0 Å². The Morgan fingerprint density at radius 3 is 2.56 bits per heavy atom. The third kappa shape index (κ3) is 3.39. The Hall–Kier alpha value is -1.98. The maximum absolute atomic E-state index is 12.5. The van der Waals surface area contributed by atoms with E-state index in [1.165, 1.54) is 16.7 Å². The fraction of sp³-hybridized carbons (Fsp3) is 0.400. The minimum Gasteiger partial charge on any atom is -0.309 e. The first-order valence-electron chi connectivity index (χ1n) is 8.61. The van der Waals surface area contributed by atoms with E-state index < -0.39 is 0 Å². The van der Waals surface area contributed by atoms with Crippen molar-refractivity contribution in [3.05, 3.63) is 61.5 Å². The van der Waals surface area contributed by atoms with Crippen molar-refractivity contribution in [2.45, 2.75) is 53.6 Å². The van der Waals surface area contributed by atoms with Gasteiger partial charge in [0.25, 0.3) is 5.56 Å². The minimum atomic E-state index is -0.0466. The van der Waals surface area contributed by atoms with Gasteiger partial charge in [0.15, 0.2) is 0 Å². The van der Waals surface area contributed by atoms with E-state index in [9.17, 15) is 4.79 Å². The second-order valence-electron chi connectivity index (χ2n) is 6.88. The Kier molecular flexibility index (Phi) is 4.80. The number of nitrogens with zero attached hydrogens (tertiary/aromatic N) is 1.